The summed E-state index contributed by atoms with van der Waals surface area (Å²) >= 11 is 0. The highest BCUT2D eigenvalue weighted by atomic mass is 32.2. The molecule has 57 heavy (non-hydrogen) atoms. The van der Waals surface area contributed by atoms with Crippen molar-refractivity contribution in [3.63, 3.8) is 0 Å². The van der Waals surface area contributed by atoms with Crippen LogP contribution in [0, 0.1) is 68.0 Å². The van der Waals surface area contributed by atoms with Crippen molar-refractivity contribution < 1.29 is 42.5 Å². The molecule has 1 saturated heterocycles. The number of aliphatic carboxylic acids is 1. The summed E-state index contributed by atoms with van der Waals surface area (Å²) in [6.07, 6.45) is 6.78. The van der Waals surface area contributed by atoms with E-state index in [1.54, 1.807) is 0 Å². The highest BCUT2D eigenvalue weighted by molar-refractivity contribution is 7.91. The number of hydrogen-bond acceptors (Lipinski definition) is 9. The summed E-state index contributed by atoms with van der Waals surface area (Å²) in [6.45, 7) is 20.8. The number of allylic oxidation sites excluding steroid dienone is 1. The summed E-state index contributed by atoms with van der Waals surface area (Å²) in [5.41, 5.74) is 0.345. The molecule has 0 spiro atoms. The number of ketones is 1. The van der Waals surface area contributed by atoms with Crippen LogP contribution in [0.3, 0.4) is 0 Å². The van der Waals surface area contributed by atoms with Gasteiger partial charge < -0.3 is 20.3 Å². The van der Waals surface area contributed by atoms with Crippen LogP contribution in [0.25, 0.3) is 0 Å². The van der Waals surface area contributed by atoms with Crippen LogP contribution in [-0.4, -0.2) is 97.1 Å². The summed E-state index contributed by atoms with van der Waals surface area (Å²) in [4.78, 5) is 54.4. The third-order valence-electron chi connectivity index (χ3n) is 18.5. The van der Waals surface area contributed by atoms with E-state index in [9.17, 15) is 37.8 Å². The fourth-order valence-corrected chi connectivity index (χ4v) is 16.1. The van der Waals surface area contributed by atoms with Crippen molar-refractivity contribution in [2.45, 2.75) is 139 Å². The van der Waals surface area contributed by atoms with Gasteiger partial charge in [-0.25, -0.2) is 8.42 Å². The van der Waals surface area contributed by atoms with Crippen molar-refractivity contribution in [1.82, 2.24) is 10.2 Å². The van der Waals surface area contributed by atoms with Gasteiger partial charge in [-0.1, -0.05) is 67.9 Å². The van der Waals surface area contributed by atoms with Crippen molar-refractivity contribution in [3.8, 4) is 0 Å². The molecule has 12 heteroatoms. The third-order valence-corrected chi connectivity index (χ3v) is 20.1. The van der Waals surface area contributed by atoms with E-state index in [-0.39, 0.29) is 88.3 Å². The van der Waals surface area contributed by atoms with E-state index >= 15 is 0 Å². The lowest BCUT2D eigenvalue weighted by Crippen LogP contribution is -2.66. The maximum Gasteiger partial charge on any atom is 0.309 e. The van der Waals surface area contributed by atoms with E-state index in [0.29, 0.717) is 37.8 Å². The smallest absolute Gasteiger partial charge is 0.309 e. The third kappa shape index (κ3) is 6.49. The second-order valence-corrected chi connectivity index (χ2v) is 24.2. The Morgan fingerprint density at radius 3 is 2.14 bits per heavy atom. The minimum Gasteiger partial charge on any atom is -0.481 e. The number of ether oxygens (including phenoxy) is 1. The number of carboxylic acid groups (broad SMARTS) is 1. The second kappa shape index (κ2) is 14.1. The number of fused-ring (bicyclic) bond motifs is 7. The number of Topliss-reactive ketones (excluding diaryl/α,β-unsaturated/α-hetero) is 1. The van der Waals surface area contributed by atoms with E-state index in [2.05, 4.69) is 53.8 Å². The van der Waals surface area contributed by atoms with Gasteiger partial charge in [0.15, 0.2) is 15.6 Å². The number of carboxylic acids is 1. The fraction of sp³-hybridized carbons (Fsp3) is 0.867. The van der Waals surface area contributed by atoms with Gasteiger partial charge in [0.1, 0.15) is 6.10 Å². The van der Waals surface area contributed by atoms with E-state index < -0.39 is 44.6 Å². The van der Waals surface area contributed by atoms with Crippen molar-refractivity contribution in [1.29, 1.82) is 0 Å². The molecule has 7 rings (SSSR count). The molecular weight excluding hydrogens is 745 g/mol. The van der Waals surface area contributed by atoms with Crippen molar-refractivity contribution >= 4 is 33.5 Å². The summed E-state index contributed by atoms with van der Waals surface area (Å²) in [7, 11) is -3.06. The topological polar surface area (TPSA) is 167 Å². The summed E-state index contributed by atoms with van der Waals surface area (Å²) in [5.74, 6) is -1.12. The first-order valence-corrected chi connectivity index (χ1v) is 23.8. The first kappa shape index (κ1) is 42.8. The molecule has 6 aliphatic carbocycles. The van der Waals surface area contributed by atoms with Gasteiger partial charge in [0, 0.05) is 36.9 Å². The number of aliphatic hydroxyl groups is 1. The average molecular weight is 815 g/mol. The standard InChI is InChI=1S/C45H70N2O9S/c1-26(2)36-30(48)23-45(33(49)24-46-35(50)25-47-18-20-57(54,55)21-19-47)17-16-43(8)27(37(36)45)10-11-32-42(7)14-13-34(41(5,6)31(42)12-15-44(32,43)9)56-39(53)29-22-28(38(51)52)40(29,3)4/h26-29,31-34,49H,10-25H2,1-9H3,(H,46,50)(H,51,52)/t27-,28+,29-,31+,32-,33+,34+,42+,43-,44-,45+/m1/s1. The molecule has 11 atom stereocenters. The number of rotatable bonds is 9. The Kier molecular flexibility index (Phi) is 10.6. The van der Waals surface area contributed by atoms with Gasteiger partial charge in [0.25, 0.3) is 0 Å². The van der Waals surface area contributed by atoms with Crippen LogP contribution in [0.5, 0.6) is 0 Å². The minimum atomic E-state index is -3.06. The van der Waals surface area contributed by atoms with Crippen LogP contribution in [0.15, 0.2) is 11.1 Å². The summed E-state index contributed by atoms with van der Waals surface area (Å²) in [5, 5.41) is 24.8. The number of carbonyl (C=O) groups is 4. The fourth-order valence-electron chi connectivity index (χ4n) is 14.8. The van der Waals surface area contributed by atoms with Crippen LogP contribution < -0.4 is 5.32 Å². The van der Waals surface area contributed by atoms with Crippen molar-refractivity contribution in [2.75, 3.05) is 37.7 Å². The zero-order valence-electron chi connectivity index (χ0n) is 36.0. The maximum atomic E-state index is 14.1. The normalized spacial score (nSPS) is 42.5. The Morgan fingerprint density at radius 2 is 1.53 bits per heavy atom. The maximum absolute atomic E-state index is 14.1. The molecule has 5 saturated carbocycles. The van der Waals surface area contributed by atoms with E-state index in [1.165, 1.54) is 0 Å². The molecule has 0 aromatic carbocycles. The highest BCUT2D eigenvalue weighted by Crippen LogP contribution is 2.77. The average Bonchev–Trinajstić information content (AvgIpc) is 3.42. The highest BCUT2D eigenvalue weighted by Gasteiger charge is 2.71. The Bertz CT molecular complexity index is 1820. The minimum absolute atomic E-state index is 0.0173. The van der Waals surface area contributed by atoms with Crippen LogP contribution in [0.1, 0.15) is 127 Å². The van der Waals surface area contributed by atoms with Crippen LogP contribution in [-0.2, 0) is 33.8 Å². The molecule has 1 heterocycles. The van der Waals surface area contributed by atoms with Gasteiger partial charge in [0.05, 0.1) is 36.0 Å². The molecule has 0 radical (unpaired) electrons. The molecule has 6 fully saturated rings. The predicted molar refractivity (Wildman–Crippen MR) is 216 cm³/mol. The quantitative estimate of drug-likeness (QED) is 0.241. The molecule has 0 aromatic rings. The molecule has 0 unspecified atom stereocenters. The van der Waals surface area contributed by atoms with Crippen molar-refractivity contribution in [2.24, 2.45) is 68.0 Å². The predicted octanol–water partition coefficient (Wildman–Crippen LogP) is 5.83. The number of amides is 1. The Hall–Kier alpha value is -2.31. The number of aliphatic hydroxyl groups excluding tert-OH is 1. The first-order valence-electron chi connectivity index (χ1n) is 21.9. The molecule has 7 aliphatic rings. The molecule has 0 aromatic heterocycles. The number of carbonyl (C=O) groups excluding carboxylic acids is 3. The molecule has 1 aliphatic heterocycles. The van der Waals surface area contributed by atoms with Crippen molar-refractivity contribution in [3.05, 3.63) is 11.1 Å². The lowest BCUT2D eigenvalue weighted by molar-refractivity contribution is -0.238. The molecule has 1 amide bonds. The molecule has 0 bridgehead atoms. The van der Waals surface area contributed by atoms with Crippen LogP contribution in [0.2, 0.25) is 0 Å². The number of sulfone groups is 1. The summed E-state index contributed by atoms with van der Waals surface area (Å²) in [6, 6.07) is 0. The zero-order chi connectivity index (χ0) is 41.9. The van der Waals surface area contributed by atoms with Crippen LogP contribution >= 0.6 is 0 Å². The van der Waals surface area contributed by atoms with E-state index in [4.69, 9.17) is 4.74 Å². The number of hydrogen-bond donors (Lipinski definition) is 3. The molecule has 320 valence electrons. The number of nitrogens with zero attached hydrogens (tertiary/aromatic N) is 1. The first-order chi connectivity index (χ1) is 26.4. The second-order valence-electron chi connectivity index (χ2n) is 21.9. The Morgan fingerprint density at radius 1 is 0.860 bits per heavy atom. The largest absolute Gasteiger partial charge is 0.481 e. The van der Waals surface area contributed by atoms with Gasteiger partial charge in [0.2, 0.25) is 5.91 Å². The van der Waals surface area contributed by atoms with E-state index in [1.807, 2.05) is 18.7 Å². The Labute approximate surface area is 340 Å². The van der Waals surface area contributed by atoms with Gasteiger partial charge in [-0.2, -0.15) is 0 Å². The number of esters is 1. The zero-order valence-corrected chi connectivity index (χ0v) is 36.9. The number of nitrogens with one attached hydrogen (secondary N) is 1. The monoisotopic (exact) mass is 814 g/mol. The van der Waals surface area contributed by atoms with Gasteiger partial charge in [-0.15, -0.1) is 0 Å². The molecule has 11 nitrogen and oxygen atoms in total. The Balaban J connectivity index is 1.10. The lowest BCUT2D eigenvalue weighted by atomic mass is 9.33. The van der Waals surface area contributed by atoms with Crippen LogP contribution in [0.4, 0.5) is 0 Å². The SMILES string of the molecule is CC(C)C1=C2[C@H]3CC[C@@H]4[C@@]5(C)CC[C@H](OC(=O)[C@H]6C[C@@H](C(=O)O)C6(C)C)C(C)(C)[C@@H]5CC[C@@]4(C)[C@]3(C)CC[C@@]2([C@@H](O)CNC(=O)CN2CCS(=O)(=O)CC2)CC1=O. The van der Waals surface area contributed by atoms with Gasteiger partial charge >= 0.3 is 11.9 Å². The van der Waals surface area contributed by atoms with Gasteiger partial charge in [-0.3, -0.25) is 24.1 Å². The lowest BCUT2D eigenvalue weighted by Gasteiger charge is -2.72. The van der Waals surface area contributed by atoms with Gasteiger partial charge in [-0.05, 0) is 109 Å². The van der Waals surface area contributed by atoms with E-state index in [0.717, 1.165) is 56.1 Å². The molecule has 3 N–H and O–H groups in total. The molecular formula is C45H70N2O9S. The summed E-state index contributed by atoms with van der Waals surface area (Å²) < 4.78 is 30.2.